The van der Waals surface area contributed by atoms with Gasteiger partial charge >= 0.3 is 5.97 Å². The minimum atomic E-state index is -1.51. The Balaban J connectivity index is 2.75. The van der Waals surface area contributed by atoms with Gasteiger partial charge in [-0.1, -0.05) is 62.9 Å². The lowest BCUT2D eigenvalue weighted by atomic mass is 9.96. The van der Waals surface area contributed by atoms with Gasteiger partial charge in [0.1, 0.15) is 5.60 Å². The highest BCUT2D eigenvalue weighted by Crippen LogP contribution is 2.19. The SMILES string of the molecule is CCCCCC[C@](C)(O)C(=O)N[C@H](C(=O)OC)c1ccccc1. The maximum atomic E-state index is 12.4. The summed E-state index contributed by atoms with van der Waals surface area (Å²) in [6.07, 6.45) is 4.27. The predicted octanol–water partition coefficient (Wildman–Crippen LogP) is 2.74. The van der Waals surface area contributed by atoms with Gasteiger partial charge in [-0.25, -0.2) is 4.79 Å². The maximum absolute atomic E-state index is 12.4. The van der Waals surface area contributed by atoms with E-state index in [1.54, 1.807) is 24.3 Å². The normalized spacial score (nSPS) is 14.6. The molecular weight excluding hydrogens is 294 g/mol. The maximum Gasteiger partial charge on any atom is 0.333 e. The molecule has 0 spiro atoms. The van der Waals surface area contributed by atoms with Gasteiger partial charge in [0.25, 0.3) is 5.91 Å². The fourth-order valence-electron chi connectivity index (χ4n) is 2.34. The molecule has 0 fully saturated rings. The second-order valence-electron chi connectivity index (χ2n) is 5.92. The number of aliphatic hydroxyl groups is 1. The van der Waals surface area contributed by atoms with Crippen LogP contribution in [0, 0.1) is 0 Å². The highest BCUT2D eigenvalue weighted by Gasteiger charge is 2.33. The van der Waals surface area contributed by atoms with Gasteiger partial charge in [-0.15, -0.1) is 0 Å². The van der Waals surface area contributed by atoms with Gasteiger partial charge in [-0.05, 0) is 18.9 Å². The summed E-state index contributed by atoms with van der Waals surface area (Å²) in [6.45, 7) is 3.58. The molecule has 0 aliphatic heterocycles. The van der Waals surface area contributed by atoms with Crippen LogP contribution in [0.3, 0.4) is 0 Å². The Morgan fingerprint density at radius 1 is 1.22 bits per heavy atom. The second kappa shape index (κ2) is 9.30. The van der Waals surface area contributed by atoms with Crippen molar-refractivity contribution in [1.82, 2.24) is 5.32 Å². The van der Waals surface area contributed by atoms with E-state index in [4.69, 9.17) is 4.74 Å². The molecule has 0 saturated carbocycles. The molecule has 0 saturated heterocycles. The van der Waals surface area contributed by atoms with Gasteiger partial charge in [0.15, 0.2) is 6.04 Å². The topological polar surface area (TPSA) is 75.6 Å². The molecule has 2 N–H and O–H groups in total. The van der Waals surface area contributed by atoms with E-state index in [9.17, 15) is 14.7 Å². The number of carbonyl (C=O) groups excluding carboxylic acids is 2. The third-order valence-electron chi connectivity index (χ3n) is 3.85. The predicted molar refractivity (Wildman–Crippen MR) is 88.7 cm³/mol. The smallest absolute Gasteiger partial charge is 0.333 e. The summed E-state index contributed by atoms with van der Waals surface area (Å²) in [5.41, 5.74) is -0.885. The molecule has 5 nitrogen and oxygen atoms in total. The Morgan fingerprint density at radius 3 is 2.43 bits per heavy atom. The van der Waals surface area contributed by atoms with Crippen LogP contribution in [0.2, 0.25) is 0 Å². The number of carbonyl (C=O) groups is 2. The third-order valence-corrected chi connectivity index (χ3v) is 3.85. The molecule has 0 aliphatic carbocycles. The molecule has 1 amide bonds. The Bertz CT molecular complexity index is 499. The summed E-state index contributed by atoms with van der Waals surface area (Å²) in [7, 11) is 1.27. The van der Waals surface area contributed by atoms with E-state index < -0.39 is 23.5 Å². The first-order valence-electron chi connectivity index (χ1n) is 8.08. The van der Waals surface area contributed by atoms with Crippen LogP contribution >= 0.6 is 0 Å². The van der Waals surface area contributed by atoms with Crippen molar-refractivity contribution in [2.45, 2.75) is 57.6 Å². The number of ether oxygens (including phenoxy) is 1. The van der Waals surface area contributed by atoms with E-state index in [2.05, 4.69) is 12.2 Å². The van der Waals surface area contributed by atoms with Crippen LogP contribution in [-0.4, -0.2) is 29.7 Å². The molecule has 1 aromatic rings. The van der Waals surface area contributed by atoms with Crippen LogP contribution in [0.1, 0.15) is 57.6 Å². The van der Waals surface area contributed by atoms with Gasteiger partial charge in [0, 0.05) is 0 Å². The number of hydrogen-bond donors (Lipinski definition) is 2. The molecular formula is C18H27NO4. The van der Waals surface area contributed by atoms with Crippen LogP contribution in [0.5, 0.6) is 0 Å². The van der Waals surface area contributed by atoms with Crippen molar-refractivity contribution in [2.75, 3.05) is 7.11 Å². The minimum absolute atomic E-state index is 0.363. The second-order valence-corrected chi connectivity index (χ2v) is 5.92. The summed E-state index contributed by atoms with van der Waals surface area (Å²) < 4.78 is 4.76. The first-order valence-corrected chi connectivity index (χ1v) is 8.08. The fraction of sp³-hybridized carbons (Fsp3) is 0.556. The Morgan fingerprint density at radius 2 is 1.87 bits per heavy atom. The minimum Gasteiger partial charge on any atom is -0.467 e. The van der Waals surface area contributed by atoms with Gasteiger partial charge < -0.3 is 15.2 Å². The fourth-order valence-corrected chi connectivity index (χ4v) is 2.34. The number of nitrogens with one attached hydrogen (secondary N) is 1. The summed E-state index contributed by atoms with van der Waals surface area (Å²) in [4.78, 5) is 24.3. The molecule has 5 heteroatoms. The Hall–Kier alpha value is -1.88. The molecule has 128 valence electrons. The van der Waals surface area contributed by atoms with E-state index in [0.29, 0.717) is 12.0 Å². The average Bonchev–Trinajstić information content (AvgIpc) is 2.56. The molecule has 1 aromatic carbocycles. The van der Waals surface area contributed by atoms with Crippen molar-refractivity contribution in [1.29, 1.82) is 0 Å². The number of methoxy groups -OCH3 is 1. The zero-order valence-electron chi connectivity index (χ0n) is 14.2. The summed E-state index contributed by atoms with van der Waals surface area (Å²) in [6, 6.07) is 7.93. The number of unbranched alkanes of at least 4 members (excludes halogenated alkanes) is 3. The molecule has 0 bridgehead atoms. The van der Waals surface area contributed by atoms with E-state index in [1.807, 2.05) is 6.07 Å². The standard InChI is InChI=1S/C18H27NO4/c1-4-5-6-10-13-18(2,22)17(21)19-15(16(20)23-3)14-11-8-7-9-12-14/h7-9,11-12,15,22H,4-6,10,13H2,1-3H3,(H,19,21)/t15-,18-/m0/s1. The van der Waals surface area contributed by atoms with Crippen molar-refractivity contribution in [3.8, 4) is 0 Å². The lowest BCUT2D eigenvalue weighted by Gasteiger charge is -2.25. The molecule has 23 heavy (non-hydrogen) atoms. The largest absolute Gasteiger partial charge is 0.467 e. The Labute approximate surface area is 138 Å². The molecule has 0 heterocycles. The van der Waals surface area contributed by atoms with Crippen molar-refractivity contribution in [3.63, 3.8) is 0 Å². The third kappa shape index (κ3) is 6.02. The quantitative estimate of drug-likeness (QED) is 0.542. The lowest BCUT2D eigenvalue weighted by Crippen LogP contribution is -2.47. The summed E-state index contributed by atoms with van der Waals surface area (Å²) >= 11 is 0. The van der Waals surface area contributed by atoms with Crippen LogP contribution in [-0.2, 0) is 14.3 Å². The molecule has 0 aliphatic rings. The number of hydrogen-bond acceptors (Lipinski definition) is 4. The number of rotatable bonds is 9. The van der Waals surface area contributed by atoms with Gasteiger partial charge in [0.2, 0.25) is 0 Å². The number of benzene rings is 1. The first-order chi connectivity index (χ1) is 10.9. The van der Waals surface area contributed by atoms with Gasteiger partial charge in [-0.3, -0.25) is 4.79 Å². The van der Waals surface area contributed by atoms with Crippen LogP contribution in [0.15, 0.2) is 30.3 Å². The molecule has 2 atom stereocenters. The van der Waals surface area contributed by atoms with E-state index in [1.165, 1.54) is 14.0 Å². The lowest BCUT2D eigenvalue weighted by molar-refractivity contribution is -0.149. The van der Waals surface area contributed by atoms with Crippen molar-refractivity contribution >= 4 is 11.9 Å². The monoisotopic (exact) mass is 321 g/mol. The highest BCUT2D eigenvalue weighted by atomic mass is 16.5. The van der Waals surface area contributed by atoms with Crippen LogP contribution in [0.25, 0.3) is 0 Å². The zero-order chi connectivity index (χ0) is 17.3. The summed E-state index contributed by atoms with van der Waals surface area (Å²) in [5.74, 6) is -1.13. The number of amides is 1. The molecule has 0 aromatic heterocycles. The van der Waals surface area contributed by atoms with Crippen molar-refractivity contribution < 1.29 is 19.4 Å². The van der Waals surface area contributed by atoms with Gasteiger partial charge in [0.05, 0.1) is 7.11 Å². The van der Waals surface area contributed by atoms with E-state index in [-0.39, 0.29) is 0 Å². The number of esters is 1. The first kappa shape index (κ1) is 19.2. The summed E-state index contributed by atoms with van der Waals surface area (Å²) in [5, 5.41) is 13.0. The Kier molecular flexibility index (Phi) is 7.75. The van der Waals surface area contributed by atoms with Crippen LogP contribution in [0.4, 0.5) is 0 Å². The van der Waals surface area contributed by atoms with Crippen LogP contribution < -0.4 is 5.32 Å². The molecule has 1 rings (SSSR count). The highest BCUT2D eigenvalue weighted by molar-refractivity contribution is 5.89. The van der Waals surface area contributed by atoms with Crippen molar-refractivity contribution in [3.05, 3.63) is 35.9 Å². The van der Waals surface area contributed by atoms with E-state index >= 15 is 0 Å². The zero-order valence-corrected chi connectivity index (χ0v) is 14.2. The average molecular weight is 321 g/mol. The molecule has 0 unspecified atom stereocenters. The van der Waals surface area contributed by atoms with E-state index in [0.717, 1.165) is 25.7 Å². The van der Waals surface area contributed by atoms with Crippen molar-refractivity contribution in [2.24, 2.45) is 0 Å². The van der Waals surface area contributed by atoms with Gasteiger partial charge in [-0.2, -0.15) is 0 Å². The molecule has 0 radical (unpaired) electrons.